The van der Waals surface area contributed by atoms with Crippen molar-refractivity contribution < 1.29 is 0 Å². The summed E-state index contributed by atoms with van der Waals surface area (Å²) < 4.78 is 0. The Morgan fingerprint density at radius 2 is 2.26 bits per heavy atom. The van der Waals surface area contributed by atoms with Gasteiger partial charge in [0.15, 0.2) is 5.96 Å². The van der Waals surface area contributed by atoms with Crippen LogP contribution in [-0.4, -0.2) is 24.0 Å². The van der Waals surface area contributed by atoms with Crippen molar-refractivity contribution in [2.45, 2.75) is 46.1 Å². The van der Waals surface area contributed by atoms with Gasteiger partial charge < -0.3 is 10.6 Å². The number of hydrogen-bond donors (Lipinski definition) is 2. The van der Waals surface area contributed by atoms with E-state index in [-0.39, 0.29) is 0 Å². The van der Waals surface area contributed by atoms with E-state index in [2.05, 4.69) is 46.8 Å². The number of nitrogens with one attached hydrogen (secondary N) is 2. The predicted octanol–water partition coefficient (Wildman–Crippen LogP) is 2.73. The summed E-state index contributed by atoms with van der Waals surface area (Å²) in [5.41, 5.74) is 1.07. The second kappa shape index (κ2) is 6.89. The van der Waals surface area contributed by atoms with Gasteiger partial charge in [0.2, 0.25) is 0 Å². The van der Waals surface area contributed by atoms with Crippen LogP contribution in [-0.2, 0) is 6.54 Å². The molecule has 1 aromatic rings. The second-order valence-corrected chi connectivity index (χ2v) is 6.24. The Hall–Kier alpha value is -1.10. The van der Waals surface area contributed by atoms with Crippen LogP contribution in [0, 0.1) is 5.92 Å². The van der Waals surface area contributed by atoms with Crippen molar-refractivity contribution in [2.75, 3.05) is 13.1 Å². The summed E-state index contributed by atoms with van der Waals surface area (Å²) in [6, 6.07) is 0. The fourth-order valence-electron chi connectivity index (χ4n) is 1.73. The van der Waals surface area contributed by atoms with Crippen LogP contribution in [0.1, 0.15) is 50.2 Å². The van der Waals surface area contributed by atoms with Gasteiger partial charge >= 0.3 is 0 Å². The number of hydrogen-bond acceptors (Lipinski definition) is 3. The smallest absolute Gasteiger partial charge is 0.191 e. The standard InChI is InChI=1S/C14H24N4S/c1-4-15-14(16-7-11-5-6-11)17-8-12-9-19-13(18-12)10(2)3/h9-11H,4-8H2,1-3H3,(H2,15,16,17). The molecule has 0 aromatic carbocycles. The molecule has 0 radical (unpaired) electrons. The number of nitrogens with zero attached hydrogens (tertiary/aromatic N) is 2. The Bertz CT molecular complexity index is 421. The lowest BCUT2D eigenvalue weighted by Crippen LogP contribution is -2.38. The maximum Gasteiger partial charge on any atom is 0.191 e. The molecule has 0 spiro atoms. The van der Waals surface area contributed by atoms with Gasteiger partial charge in [0.1, 0.15) is 0 Å². The Kier molecular flexibility index (Phi) is 5.19. The molecule has 4 nitrogen and oxygen atoms in total. The van der Waals surface area contributed by atoms with Crippen molar-refractivity contribution in [3.05, 3.63) is 16.1 Å². The molecule has 2 rings (SSSR count). The zero-order valence-corrected chi connectivity index (χ0v) is 12.9. The monoisotopic (exact) mass is 280 g/mol. The molecule has 0 atom stereocenters. The third kappa shape index (κ3) is 4.82. The molecule has 0 unspecified atom stereocenters. The van der Waals surface area contributed by atoms with Gasteiger partial charge in [-0.25, -0.2) is 9.98 Å². The molecule has 1 aromatic heterocycles. The van der Waals surface area contributed by atoms with E-state index in [1.165, 1.54) is 17.8 Å². The van der Waals surface area contributed by atoms with E-state index in [1.54, 1.807) is 11.3 Å². The number of aromatic nitrogens is 1. The van der Waals surface area contributed by atoms with Gasteiger partial charge in [0.25, 0.3) is 0 Å². The Morgan fingerprint density at radius 1 is 1.47 bits per heavy atom. The summed E-state index contributed by atoms with van der Waals surface area (Å²) in [7, 11) is 0. The maximum atomic E-state index is 4.61. The van der Waals surface area contributed by atoms with Crippen LogP contribution in [0.25, 0.3) is 0 Å². The van der Waals surface area contributed by atoms with Crippen molar-refractivity contribution >= 4 is 17.3 Å². The molecular weight excluding hydrogens is 256 g/mol. The number of thiazole rings is 1. The largest absolute Gasteiger partial charge is 0.357 e. The lowest BCUT2D eigenvalue weighted by Gasteiger charge is -2.10. The van der Waals surface area contributed by atoms with E-state index >= 15 is 0 Å². The highest BCUT2D eigenvalue weighted by Crippen LogP contribution is 2.27. The van der Waals surface area contributed by atoms with Crippen molar-refractivity contribution in [3.8, 4) is 0 Å². The normalized spacial score (nSPS) is 15.9. The van der Waals surface area contributed by atoms with Gasteiger partial charge in [-0.2, -0.15) is 0 Å². The number of aliphatic imine (C=N–C) groups is 1. The Labute approximate surface area is 119 Å². The quantitative estimate of drug-likeness (QED) is 0.622. The van der Waals surface area contributed by atoms with Gasteiger partial charge in [0.05, 0.1) is 17.2 Å². The first kappa shape index (κ1) is 14.3. The molecule has 106 valence electrons. The third-order valence-corrected chi connectivity index (χ3v) is 4.26. The molecule has 0 saturated heterocycles. The topological polar surface area (TPSA) is 49.3 Å². The average molecular weight is 280 g/mol. The van der Waals surface area contributed by atoms with Gasteiger partial charge in [0, 0.05) is 24.4 Å². The summed E-state index contributed by atoms with van der Waals surface area (Å²) in [4.78, 5) is 9.20. The van der Waals surface area contributed by atoms with Crippen LogP contribution in [0.4, 0.5) is 0 Å². The molecule has 19 heavy (non-hydrogen) atoms. The van der Waals surface area contributed by atoms with Crippen molar-refractivity contribution in [3.63, 3.8) is 0 Å². The van der Waals surface area contributed by atoms with Crippen molar-refractivity contribution in [1.82, 2.24) is 15.6 Å². The first-order valence-electron chi connectivity index (χ1n) is 7.15. The number of guanidine groups is 1. The van der Waals surface area contributed by atoms with Crippen LogP contribution in [0.5, 0.6) is 0 Å². The van der Waals surface area contributed by atoms with Crippen LogP contribution >= 0.6 is 11.3 Å². The molecule has 1 saturated carbocycles. The van der Waals surface area contributed by atoms with E-state index < -0.39 is 0 Å². The van der Waals surface area contributed by atoms with Gasteiger partial charge in [-0.15, -0.1) is 11.3 Å². The van der Waals surface area contributed by atoms with Gasteiger partial charge in [-0.05, 0) is 25.7 Å². The molecule has 1 fully saturated rings. The van der Waals surface area contributed by atoms with E-state index in [0.717, 1.165) is 30.7 Å². The molecule has 1 heterocycles. The first-order valence-corrected chi connectivity index (χ1v) is 8.03. The predicted molar refractivity (Wildman–Crippen MR) is 81.7 cm³/mol. The fraction of sp³-hybridized carbons (Fsp3) is 0.714. The second-order valence-electron chi connectivity index (χ2n) is 5.35. The number of rotatable bonds is 6. The van der Waals surface area contributed by atoms with E-state index in [1.807, 2.05) is 0 Å². The maximum absolute atomic E-state index is 4.61. The molecule has 1 aliphatic carbocycles. The molecule has 5 heteroatoms. The molecule has 1 aliphatic rings. The molecular formula is C14H24N4S. The zero-order valence-electron chi connectivity index (χ0n) is 12.1. The van der Waals surface area contributed by atoms with Crippen molar-refractivity contribution in [1.29, 1.82) is 0 Å². The van der Waals surface area contributed by atoms with E-state index in [4.69, 9.17) is 0 Å². The first-order chi connectivity index (χ1) is 9.19. The van der Waals surface area contributed by atoms with Crippen LogP contribution in [0.2, 0.25) is 0 Å². The van der Waals surface area contributed by atoms with E-state index in [9.17, 15) is 0 Å². The lowest BCUT2D eigenvalue weighted by atomic mass is 10.2. The zero-order chi connectivity index (χ0) is 13.7. The Balaban J connectivity index is 1.87. The molecule has 0 bridgehead atoms. The van der Waals surface area contributed by atoms with Crippen LogP contribution in [0.15, 0.2) is 10.4 Å². The summed E-state index contributed by atoms with van der Waals surface area (Å²) in [5, 5.41) is 9.99. The summed E-state index contributed by atoms with van der Waals surface area (Å²) >= 11 is 1.73. The molecule has 2 N–H and O–H groups in total. The van der Waals surface area contributed by atoms with Gasteiger partial charge in [-0.1, -0.05) is 13.8 Å². The highest BCUT2D eigenvalue weighted by Gasteiger charge is 2.21. The lowest BCUT2D eigenvalue weighted by molar-refractivity contribution is 0.738. The average Bonchev–Trinajstić information content (AvgIpc) is 3.08. The minimum atomic E-state index is 0.504. The summed E-state index contributed by atoms with van der Waals surface area (Å²) in [6.45, 7) is 9.03. The Morgan fingerprint density at radius 3 is 2.84 bits per heavy atom. The third-order valence-electron chi connectivity index (χ3n) is 3.06. The highest BCUT2D eigenvalue weighted by atomic mass is 32.1. The highest BCUT2D eigenvalue weighted by molar-refractivity contribution is 7.09. The van der Waals surface area contributed by atoms with Gasteiger partial charge in [-0.3, -0.25) is 0 Å². The minimum absolute atomic E-state index is 0.504. The SMILES string of the molecule is CCNC(=NCc1csc(C(C)C)n1)NCC1CC1. The molecule has 0 aliphatic heterocycles. The van der Waals surface area contributed by atoms with Crippen molar-refractivity contribution in [2.24, 2.45) is 10.9 Å². The fourth-order valence-corrected chi connectivity index (χ4v) is 2.55. The van der Waals surface area contributed by atoms with Crippen LogP contribution < -0.4 is 10.6 Å². The van der Waals surface area contributed by atoms with E-state index in [0.29, 0.717) is 12.5 Å². The molecule has 0 amide bonds. The van der Waals surface area contributed by atoms with Crippen LogP contribution in [0.3, 0.4) is 0 Å². The summed E-state index contributed by atoms with van der Waals surface area (Å²) in [6.07, 6.45) is 2.71. The summed E-state index contributed by atoms with van der Waals surface area (Å²) in [5.74, 6) is 2.27. The minimum Gasteiger partial charge on any atom is -0.357 e.